The fraction of sp³-hybridized carbons (Fsp3) is 0.214. The lowest BCUT2D eigenvalue weighted by Crippen LogP contribution is -1.99. The first-order chi connectivity index (χ1) is 10.6. The smallest absolute Gasteiger partial charge is 0.228 e. The summed E-state index contributed by atoms with van der Waals surface area (Å²) in [5.41, 5.74) is 1.49. The van der Waals surface area contributed by atoms with Crippen LogP contribution >= 0.6 is 39.1 Å². The molecule has 0 amide bonds. The first kappa shape index (κ1) is 14.2. The minimum Gasteiger partial charge on any atom is -0.320 e. The van der Waals surface area contributed by atoms with Crippen molar-refractivity contribution in [3.05, 3.63) is 39.2 Å². The van der Waals surface area contributed by atoms with E-state index in [0.717, 1.165) is 23.7 Å². The Morgan fingerprint density at radius 2 is 2.05 bits per heavy atom. The molecular weight excluding hydrogens is 389 g/mol. The third-order valence-corrected chi connectivity index (χ3v) is 4.70. The monoisotopic (exact) mass is 397 g/mol. The maximum Gasteiger partial charge on any atom is 0.228 e. The summed E-state index contributed by atoms with van der Waals surface area (Å²) in [5, 5.41) is 9.52. The number of hydrogen-bond donors (Lipinski definition) is 1. The molecule has 1 N–H and O–H groups in total. The fourth-order valence-electron chi connectivity index (χ4n) is 2.24. The number of halogens is 3. The molecule has 0 saturated heterocycles. The van der Waals surface area contributed by atoms with Crippen LogP contribution in [-0.2, 0) is 0 Å². The number of fused-ring (bicyclic) bond motifs is 1. The Bertz CT molecular complexity index is 875. The SMILES string of the molecule is Clc1ccc2nc(Nc3cnn(C4CC4)c3Cl)nc(Br)c2c1. The van der Waals surface area contributed by atoms with Crippen molar-refractivity contribution in [3.63, 3.8) is 0 Å². The lowest BCUT2D eigenvalue weighted by atomic mass is 10.2. The second-order valence-electron chi connectivity index (χ2n) is 5.15. The van der Waals surface area contributed by atoms with E-state index in [1.165, 1.54) is 0 Å². The molecular formula is C14H10BrCl2N5. The summed E-state index contributed by atoms with van der Waals surface area (Å²) in [6, 6.07) is 5.90. The van der Waals surface area contributed by atoms with Gasteiger partial charge in [0.05, 0.1) is 23.4 Å². The molecule has 1 aliphatic carbocycles. The predicted octanol–water partition coefficient (Wildman–Crippen LogP) is 4.97. The van der Waals surface area contributed by atoms with Crippen LogP contribution in [0.3, 0.4) is 0 Å². The average molecular weight is 399 g/mol. The Kier molecular flexibility index (Phi) is 3.47. The molecule has 2 heterocycles. The topological polar surface area (TPSA) is 55.6 Å². The van der Waals surface area contributed by atoms with Gasteiger partial charge in [-0.25, -0.2) is 14.6 Å². The average Bonchev–Trinajstić information content (AvgIpc) is 3.26. The van der Waals surface area contributed by atoms with E-state index in [9.17, 15) is 0 Å². The molecule has 0 bridgehead atoms. The molecule has 22 heavy (non-hydrogen) atoms. The van der Waals surface area contributed by atoms with Crippen LogP contribution in [-0.4, -0.2) is 19.7 Å². The minimum atomic E-state index is 0.425. The third kappa shape index (κ3) is 2.55. The number of aromatic nitrogens is 4. The Hall–Kier alpha value is -1.37. The predicted molar refractivity (Wildman–Crippen MR) is 91.0 cm³/mol. The molecule has 0 unspecified atom stereocenters. The van der Waals surface area contributed by atoms with E-state index in [1.54, 1.807) is 12.3 Å². The van der Waals surface area contributed by atoms with Gasteiger partial charge in [0.1, 0.15) is 4.60 Å². The molecule has 1 aromatic carbocycles. The van der Waals surface area contributed by atoms with Crippen LogP contribution in [0.15, 0.2) is 29.0 Å². The number of anilines is 2. The van der Waals surface area contributed by atoms with Crippen LogP contribution in [0.2, 0.25) is 10.2 Å². The molecule has 5 nitrogen and oxygen atoms in total. The molecule has 4 rings (SSSR count). The zero-order valence-corrected chi connectivity index (χ0v) is 14.3. The van der Waals surface area contributed by atoms with Crippen LogP contribution in [0.25, 0.3) is 10.9 Å². The van der Waals surface area contributed by atoms with Crippen molar-refractivity contribution in [1.82, 2.24) is 19.7 Å². The maximum atomic E-state index is 6.34. The van der Waals surface area contributed by atoms with Gasteiger partial charge in [0.25, 0.3) is 0 Å². The maximum absolute atomic E-state index is 6.34. The van der Waals surface area contributed by atoms with E-state index < -0.39 is 0 Å². The van der Waals surface area contributed by atoms with Crippen LogP contribution in [0.5, 0.6) is 0 Å². The minimum absolute atomic E-state index is 0.425. The van der Waals surface area contributed by atoms with E-state index in [4.69, 9.17) is 23.2 Å². The van der Waals surface area contributed by atoms with Gasteiger partial charge in [0.2, 0.25) is 5.95 Å². The van der Waals surface area contributed by atoms with E-state index in [-0.39, 0.29) is 0 Å². The van der Waals surface area contributed by atoms with Gasteiger partial charge < -0.3 is 5.32 Å². The van der Waals surface area contributed by atoms with Crippen molar-refractivity contribution in [3.8, 4) is 0 Å². The van der Waals surface area contributed by atoms with E-state index in [0.29, 0.717) is 32.5 Å². The Morgan fingerprint density at radius 3 is 2.82 bits per heavy atom. The third-order valence-electron chi connectivity index (χ3n) is 3.49. The standard InChI is InChI=1S/C14H10BrCl2N5/c15-12-9-5-7(16)1-4-10(9)19-14(21-12)20-11-6-18-22(13(11)17)8-2-3-8/h1,4-6,8H,2-3H2,(H,19,20,21). The number of nitrogens with one attached hydrogen (secondary N) is 1. The Morgan fingerprint density at radius 1 is 1.23 bits per heavy atom. The van der Waals surface area contributed by atoms with E-state index in [1.807, 2.05) is 16.8 Å². The van der Waals surface area contributed by atoms with Crippen LogP contribution in [0.1, 0.15) is 18.9 Å². The zero-order valence-electron chi connectivity index (χ0n) is 11.2. The normalized spacial score (nSPS) is 14.5. The van der Waals surface area contributed by atoms with Crippen LogP contribution < -0.4 is 5.32 Å². The van der Waals surface area contributed by atoms with E-state index >= 15 is 0 Å². The van der Waals surface area contributed by atoms with Crippen molar-refractivity contribution in [2.45, 2.75) is 18.9 Å². The molecule has 1 saturated carbocycles. The first-order valence-electron chi connectivity index (χ1n) is 6.74. The van der Waals surface area contributed by atoms with Crippen molar-refractivity contribution < 1.29 is 0 Å². The summed E-state index contributed by atoms with van der Waals surface area (Å²) < 4.78 is 2.51. The summed E-state index contributed by atoms with van der Waals surface area (Å²) in [5.74, 6) is 0.457. The molecule has 1 aliphatic rings. The zero-order chi connectivity index (χ0) is 15.3. The molecule has 8 heteroatoms. The summed E-state index contributed by atoms with van der Waals surface area (Å²) in [6.07, 6.45) is 3.95. The Balaban J connectivity index is 1.71. The molecule has 0 spiro atoms. The van der Waals surface area contributed by atoms with Crippen molar-refractivity contribution >= 4 is 61.7 Å². The fourth-order valence-corrected chi connectivity index (χ4v) is 3.18. The second kappa shape index (κ2) is 5.37. The van der Waals surface area contributed by atoms with Gasteiger partial charge in [-0.1, -0.05) is 23.2 Å². The molecule has 2 aromatic heterocycles. The van der Waals surface area contributed by atoms with Gasteiger partial charge in [-0.15, -0.1) is 0 Å². The van der Waals surface area contributed by atoms with Gasteiger partial charge in [0.15, 0.2) is 5.15 Å². The molecule has 112 valence electrons. The first-order valence-corrected chi connectivity index (χ1v) is 8.29. The van der Waals surface area contributed by atoms with Crippen LogP contribution in [0.4, 0.5) is 11.6 Å². The quantitative estimate of drug-likeness (QED) is 0.632. The summed E-state index contributed by atoms with van der Waals surface area (Å²) >= 11 is 15.8. The number of benzene rings is 1. The summed E-state index contributed by atoms with van der Waals surface area (Å²) in [6.45, 7) is 0. The van der Waals surface area contributed by atoms with E-state index in [2.05, 4.69) is 36.3 Å². The van der Waals surface area contributed by atoms with Gasteiger partial charge in [-0.3, -0.25) is 0 Å². The highest BCUT2D eigenvalue weighted by molar-refractivity contribution is 9.10. The lowest BCUT2D eigenvalue weighted by Gasteiger charge is -2.07. The highest BCUT2D eigenvalue weighted by Gasteiger charge is 2.27. The summed E-state index contributed by atoms with van der Waals surface area (Å²) in [4.78, 5) is 8.87. The highest BCUT2D eigenvalue weighted by Crippen LogP contribution is 2.39. The molecule has 0 atom stereocenters. The number of rotatable bonds is 3. The molecule has 0 radical (unpaired) electrons. The van der Waals surface area contributed by atoms with Crippen molar-refractivity contribution in [2.24, 2.45) is 0 Å². The molecule has 0 aliphatic heterocycles. The largest absolute Gasteiger partial charge is 0.320 e. The van der Waals surface area contributed by atoms with Gasteiger partial charge in [-0.05, 0) is 47.0 Å². The van der Waals surface area contributed by atoms with Crippen LogP contribution in [0, 0.1) is 0 Å². The molecule has 1 fully saturated rings. The summed E-state index contributed by atoms with van der Waals surface area (Å²) in [7, 11) is 0. The highest BCUT2D eigenvalue weighted by atomic mass is 79.9. The number of nitrogens with zero attached hydrogens (tertiary/aromatic N) is 4. The second-order valence-corrected chi connectivity index (χ2v) is 6.69. The molecule has 3 aromatic rings. The van der Waals surface area contributed by atoms with Gasteiger partial charge in [-0.2, -0.15) is 5.10 Å². The Labute approximate surface area is 144 Å². The van der Waals surface area contributed by atoms with Crippen molar-refractivity contribution in [1.29, 1.82) is 0 Å². The van der Waals surface area contributed by atoms with Crippen molar-refractivity contribution in [2.75, 3.05) is 5.32 Å². The van der Waals surface area contributed by atoms with Gasteiger partial charge >= 0.3 is 0 Å². The lowest BCUT2D eigenvalue weighted by molar-refractivity contribution is 0.643. The number of hydrogen-bond acceptors (Lipinski definition) is 4. The van der Waals surface area contributed by atoms with Gasteiger partial charge in [0, 0.05) is 10.4 Å².